The molecule has 118 valence electrons. The zero-order valence-electron chi connectivity index (χ0n) is 12.3. The minimum absolute atomic E-state index is 0.149. The Hall–Kier alpha value is -3.16. The second-order valence-electron chi connectivity index (χ2n) is 4.91. The predicted molar refractivity (Wildman–Crippen MR) is 80.7 cm³/mol. The maximum atomic E-state index is 12.0. The lowest BCUT2D eigenvalue weighted by Crippen LogP contribution is -2.15. The molecule has 1 aliphatic heterocycles. The highest BCUT2D eigenvalue weighted by Crippen LogP contribution is 2.37. The Labute approximate surface area is 131 Å². The summed E-state index contributed by atoms with van der Waals surface area (Å²) in [6, 6.07) is 2.81. The quantitative estimate of drug-likeness (QED) is 0.370. The molecule has 0 spiro atoms. The Bertz CT molecular complexity index is 809. The first-order valence-corrected chi connectivity index (χ1v) is 6.83. The molecule has 0 saturated carbocycles. The molecule has 0 saturated heterocycles. The SMILES string of the molecule is Cn1cc(C(=O)/C=C/c2cc3c(cc2[N+](=O)[O-])OCCO3)cn1. The Balaban J connectivity index is 1.93. The number of nitro groups is 1. The molecule has 0 N–H and O–H groups in total. The third-order valence-corrected chi connectivity index (χ3v) is 3.29. The van der Waals surface area contributed by atoms with Crippen LogP contribution in [0, 0.1) is 10.1 Å². The second-order valence-corrected chi connectivity index (χ2v) is 4.91. The Morgan fingerprint density at radius 2 is 2.04 bits per heavy atom. The second kappa shape index (κ2) is 5.91. The lowest BCUT2D eigenvalue weighted by Gasteiger charge is -2.18. The van der Waals surface area contributed by atoms with Gasteiger partial charge >= 0.3 is 0 Å². The van der Waals surface area contributed by atoms with Gasteiger partial charge in [0.2, 0.25) is 0 Å². The van der Waals surface area contributed by atoms with Crippen molar-refractivity contribution >= 4 is 17.5 Å². The lowest BCUT2D eigenvalue weighted by atomic mass is 10.1. The summed E-state index contributed by atoms with van der Waals surface area (Å²) in [5.74, 6) is 0.469. The fourth-order valence-corrected chi connectivity index (χ4v) is 2.20. The molecule has 1 aromatic heterocycles. The summed E-state index contributed by atoms with van der Waals surface area (Å²) in [4.78, 5) is 22.7. The molecule has 2 aromatic rings. The lowest BCUT2D eigenvalue weighted by molar-refractivity contribution is -0.385. The van der Waals surface area contributed by atoms with Crippen LogP contribution in [-0.4, -0.2) is 33.7 Å². The Morgan fingerprint density at radius 3 is 2.65 bits per heavy atom. The molecule has 3 rings (SSSR count). The van der Waals surface area contributed by atoms with Gasteiger partial charge in [0.1, 0.15) is 13.2 Å². The average Bonchev–Trinajstić information content (AvgIpc) is 2.98. The van der Waals surface area contributed by atoms with E-state index in [1.165, 1.54) is 35.2 Å². The number of hydrogen-bond donors (Lipinski definition) is 0. The molecule has 1 aromatic carbocycles. The van der Waals surface area contributed by atoms with Crippen molar-refractivity contribution in [2.24, 2.45) is 7.05 Å². The van der Waals surface area contributed by atoms with Crippen LogP contribution in [0.15, 0.2) is 30.6 Å². The van der Waals surface area contributed by atoms with Gasteiger partial charge in [0.25, 0.3) is 5.69 Å². The van der Waals surface area contributed by atoms with Gasteiger partial charge in [-0.25, -0.2) is 0 Å². The average molecular weight is 315 g/mol. The fourth-order valence-electron chi connectivity index (χ4n) is 2.20. The molecule has 0 unspecified atom stereocenters. The monoisotopic (exact) mass is 315 g/mol. The summed E-state index contributed by atoms with van der Waals surface area (Å²) in [6.45, 7) is 0.724. The number of allylic oxidation sites excluding steroid dienone is 1. The molecule has 8 heteroatoms. The summed E-state index contributed by atoms with van der Waals surface area (Å²) in [5, 5.41) is 15.1. The van der Waals surface area contributed by atoms with Crippen LogP contribution in [-0.2, 0) is 7.05 Å². The standard InChI is InChI=1S/C15H13N3O5/c1-17-9-11(8-16-17)13(19)3-2-10-6-14-15(23-5-4-22-14)7-12(10)18(20)21/h2-3,6-9H,4-5H2,1H3/b3-2+. The highest BCUT2D eigenvalue weighted by molar-refractivity contribution is 6.06. The summed E-state index contributed by atoms with van der Waals surface area (Å²) in [7, 11) is 1.70. The number of carbonyl (C=O) groups is 1. The van der Waals surface area contributed by atoms with E-state index in [2.05, 4.69) is 5.10 Å². The van der Waals surface area contributed by atoms with Gasteiger partial charge in [-0.2, -0.15) is 5.10 Å². The highest BCUT2D eigenvalue weighted by Gasteiger charge is 2.21. The summed E-state index contributed by atoms with van der Waals surface area (Å²) >= 11 is 0. The largest absolute Gasteiger partial charge is 0.486 e. The van der Waals surface area contributed by atoms with E-state index in [0.29, 0.717) is 30.3 Å². The van der Waals surface area contributed by atoms with Crippen LogP contribution < -0.4 is 9.47 Å². The van der Waals surface area contributed by atoms with Crippen molar-refractivity contribution in [2.45, 2.75) is 0 Å². The van der Waals surface area contributed by atoms with Crippen LogP contribution in [0.3, 0.4) is 0 Å². The van der Waals surface area contributed by atoms with Crippen LogP contribution in [0.1, 0.15) is 15.9 Å². The molecule has 23 heavy (non-hydrogen) atoms. The first-order valence-electron chi connectivity index (χ1n) is 6.83. The minimum Gasteiger partial charge on any atom is -0.486 e. The smallest absolute Gasteiger partial charge is 0.280 e. The van der Waals surface area contributed by atoms with E-state index in [1.807, 2.05) is 0 Å². The van der Waals surface area contributed by atoms with Crippen molar-refractivity contribution in [3.63, 3.8) is 0 Å². The number of nitro benzene ring substituents is 1. The molecule has 1 aliphatic rings. The van der Waals surface area contributed by atoms with Gasteiger partial charge in [0.15, 0.2) is 17.3 Å². The van der Waals surface area contributed by atoms with Crippen LogP contribution in [0.4, 0.5) is 5.69 Å². The van der Waals surface area contributed by atoms with Crippen LogP contribution in [0.2, 0.25) is 0 Å². The van der Waals surface area contributed by atoms with E-state index in [9.17, 15) is 14.9 Å². The van der Waals surface area contributed by atoms with Gasteiger partial charge < -0.3 is 9.47 Å². The van der Waals surface area contributed by atoms with Crippen molar-refractivity contribution < 1.29 is 19.2 Å². The third-order valence-electron chi connectivity index (χ3n) is 3.29. The summed E-state index contributed by atoms with van der Waals surface area (Å²) in [5.41, 5.74) is 0.532. The molecular weight excluding hydrogens is 302 g/mol. The third kappa shape index (κ3) is 3.05. The highest BCUT2D eigenvalue weighted by atomic mass is 16.6. The molecular formula is C15H13N3O5. The predicted octanol–water partition coefficient (Wildman–Crippen LogP) is 2.00. The molecule has 0 fully saturated rings. The number of rotatable bonds is 4. The van der Waals surface area contributed by atoms with Crippen molar-refractivity contribution in [1.29, 1.82) is 0 Å². The van der Waals surface area contributed by atoms with E-state index >= 15 is 0 Å². The van der Waals surface area contributed by atoms with Gasteiger partial charge in [-0.1, -0.05) is 0 Å². The number of ketones is 1. The van der Waals surface area contributed by atoms with Crippen LogP contribution >= 0.6 is 0 Å². The normalized spacial score (nSPS) is 13.3. The number of hydrogen-bond acceptors (Lipinski definition) is 6. The number of ether oxygens (including phenoxy) is 2. The number of fused-ring (bicyclic) bond motifs is 1. The molecule has 8 nitrogen and oxygen atoms in total. The van der Waals surface area contributed by atoms with Gasteiger partial charge in [-0.15, -0.1) is 0 Å². The molecule has 0 atom stereocenters. The van der Waals surface area contributed by atoms with Crippen molar-refractivity contribution in [3.05, 3.63) is 51.8 Å². The Kier molecular flexibility index (Phi) is 3.80. The number of nitrogens with zero attached hydrogens (tertiary/aromatic N) is 3. The number of benzene rings is 1. The fraction of sp³-hybridized carbons (Fsp3) is 0.200. The van der Waals surface area contributed by atoms with Crippen molar-refractivity contribution in [2.75, 3.05) is 13.2 Å². The first kappa shape index (κ1) is 14.8. The Morgan fingerprint density at radius 1 is 1.35 bits per heavy atom. The number of aryl methyl sites for hydroxylation is 1. The van der Waals surface area contributed by atoms with Gasteiger partial charge in [0, 0.05) is 13.2 Å². The number of aromatic nitrogens is 2. The van der Waals surface area contributed by atoms with E-state index in [0.717, 1.165) is 0 Å². The summed E-state index contributed by atoms with van der Waals surface area (Å²) < 4.78 is 12.3. The van der Waals surface area contributed by atoms with Crippen LogP contribution in [0.5, 0.6) is 11.5 Å². The molecule has 0 amide bonds. The topological polar surface area (TPSA) is 96.5 Å². The minimum atomic E-state index is -0.521. The van der Waals surface area contributed by atoms with Gasteiger partial charge in [-0.05, 0) is 18.2 Å². The van der Waals surface area contributed by atoms with E-state index in [-0.39, 0.29) is 17.0 Å². The summed E-state index contributed by atoms with van der Waals surface area (Å²) in [6.07, 6.45) is 5.68. The van der Waals surface area contributed by atoms with E-state index in [4.69, 9.17) is 9.47 Å². The van der Waals surface area contributed by atoms with Gasteiger partial charge in [-0.3, -0.25) is 19.6 Å². The maximum absolute atomic E-state index is 12.0. The molecule has 0 bridgehead atoms. The first-order chi connectivity index (χ1) is 11.0. The molecule has 2 heterocycles. The number of carbonyl (C=O) groups excluding carboxylic acids is 1. The van der Waals surface area contributed by atoms with Crippen molar-refractivity contribution in [1.82, 2.24) is 9.78 Å². The zero-order valence-corrected chi connectivity index (χ0v) is 12.3. The van der Waals surface area contributed by atoms with Crippen molar-refractivity contribution in [3.8, 4) is 11.5 Å². The molecule has 0 aliphatic carbocycles. The maximum Gasteiger partial charge on any atom is 0.280 e. The van der Waals surface area contributed by atoms with Crippen LogP contribution in [0.25, 0.3) is 6.08 Å². The van der Waals surface area contributed by atoms with Gasteiger partial charge in [0.05, 0.1) is 28.3 Å². The zero-order chi connectivity index (χ0) is 16.4. The molecule has 0 radical (unpaired) electrons. The van der Waals surface area contributed by atoms with E-state index < -0.39 is 4.92 Å². The van der Waals surface area contributed by atoms with E-state index in [1.54, 1.807) is 13.2 Å².